The van der Waals surface area contributed by atoms with Gasteiger partial charge in [-0.1, -0.05) is 147 Å². The van der Waals surface area contributed by atoms with Crippen molar-refractivity contribution in [3.05, 3.63) is 187 Å². The van der Waals surface area contributed by atoms with Crippen LogP contribution < -0.4 is 4.90 Å². The van der Waals surface area contributed by atoms with Crippen LogP contribution in [0.15, 0.2) is 176 Å². The van der Waals surface area contributed by atoms with Gasteiger partial charge in [-0.15, -0.1) is 0 Å². The zero-order chi connectivity index (χ0) is 31.1. The van der Waals surface area contributed by atoms with Gasteiger partial charge in [-0.05, 0) is 98.1 Å². The van der Waals surface area contributed by atoms with Gasteiger partial charge < -0.3 is 4.90 Å². The average molecular weight is 590 g/mol. The summed E-state index contributed by atoms with van der Waals surface area (Å²) in [4.78, 5) is 2.36. The molecule has 0 radical (unpaired) electrons. The molecule has 1 aliphatic rings. The Balaban J connectivity index is 1.25. The molecule has 46 heavy (non-hydrogen) atoms. The van der Waals surface area contributed by atoms with E-state index in [1.54, 1.807) is 0 Å². The van der Waals surface area contributed by atoms with Crippen molar-refractivity contribution in [2.24, 2.45) is 0 Å². The minimum atomic E-state index is -0.0658. The van der Waals surface area contributed by atoms with Crippen molar-refractivity contribution in [2.45, 2.75) is 19.3 Å². The highest BCUT2D eigenvalue weighted by Crippen LogP contribution is 2.53. The van der Waals surface area contributed by atoms with Gasteiger partial charge in [0.05, 0.1) is 0 Å². The number of anilines is 3. The minimum Gasteiger partial charge on any atom is -0.310 e. The number of nitrogens with zero attached hydrogens (tertiary/aromatic N) is 1. The Morgan fingerprint density at radius 3 is 1.50 bits per heavy atom. The van der Waals surface area contributed by atoms with Crippen LogP contribution in [0.3, 0.4) is 0 Å². The molecule has 0 aromatic heterocycles. The topological polar surface area (TPSA) is 3.24 Å². The first kappa shape index (κ1) is 27.9. The molecule has 0 spiro atoms. The second-order valence-electron chi connectivity index (χ2n) is 12.6. The quantitative estimate of drug-likeness (QED) is 0.186. The Labute approximate surface area is 272 Å². The van der Waals surface area contributed by atoms with Gasteiger partial charge in [-0.3, -0.25) is 0 Å². The lowest BCUT2D eigenvalue weighted by atomic mass is 9.81. The first-order valence-corrected chi connectivity index (χ1v) is 16.0. The van der Waals surface area contributed by atoms with E-state index < -0.39 is 0 Å². The van der Waals surface area contributed by atoms with Gasteiger partial charge in [0, 0.05) is 22.5 Å². The SMILES string of the molecule is CC1(C)c2ccc(-c3cccc(N(c4ccccc4)c4cccc(-c5ccccc5)c4)c3)cc2-c2c(-c3ccccc3)cccc21. The van der Waals surface area contributed by atoms with Gasteiger partial charge in [-0.25, -0.2) is 0 Å². The lowest BCUT2D eigenvalue weighted by Crippen LogP contribution is -2.14. The van der Waals surface area contributed by atoms with Crippen molar-refractivity contribution in [3.8, 4) is 44.5 Å². The predicted octanol–water partition coefficient (Wildman–Crippen LogP) is 12.5. The molecule has 0 N–H and O–H groups in total. The fourth-order valence-electron chi connectivity index (χ4n) is 7.15. The molecule has 0 heterocycles. The van der Waals surface area contributed by atoms with Crippen LogP contribution in [0.5, 0.6) is 0 Å². The smallest absolute Gasteiger partial charge is 0.0467 e. The Hall–Kier alpha value is -5.66. The summed E-state index contributed by atoms with van der Waals surface area (Å²) >= 11 is 0. The van der Waals surface area contributed by atoms with Crippen molar-refractivity contribution in [3.63, 3.8) is 0 Å². The first-order chi connectivity index (χ1) is 22.6. The fraction of sp³-hybridized carbons (Fsp3) is 0.0667. The first-order valence-electron chi connectivity index (χ1n) is 16.0. The second kappa shape index (κ2) is 11.4. The van der Waals surface area contributed by atoms with Gasteiger partial charge >= 0.3 is 0 Å². The summed E-state index contributed by atoms with van der Waals surface area (Å²) in [5, 5.41) is 0. The van der Waals surface area contributed by atoms with E-state index in [1.807, 2.05) is 0 Å². The number of hydrogen-bond donors (Lipinski definition) is 0. The maximum Gasteiger partial charge on any atom is 0.0467 e. The van der Waals surface area contributed by atoms with E-state index in [4.69, 9.17) is 0 Å². The van der Waals surface area contributed by atoms with Crippen molar-refractivity contribution in [2.75, 3.05) is 4.90 Å². The third-order valence-electron chi connectivity index (χ3n) is 9.45. The molecular weight excluding hydrogens is 555 g/mol. The summed E-state index contributed by atoms with van der Waals surface area (Å²) in [6, 6.07) is 63.7. The van der Waals surface area contributed by atoms with E-state index in [1.165, 1.54) is 55.6 Å². The molecule has 0 fully saturated rings. The maximum absolute atomic E-state index is 2.41. The molecule has 0 unspecified atom stereocenters. The van der Waals surface area contributed by atoms with E-state index in [0.717, 1.165) is 17.1 Å². The van der Waals surface area contributed by atoms with Gasteiger partial charge in [0.15, 0.2) is 0 Å². The highest BCUT2D eigenvalue weighted by atomic mass is 15.1. The van der Waals surface area contributed by atoms with Crippen LogP contribution in [0.4, 0.5) is 17.1 Å². The van der Waals surface area contributed by atoms with Crippen LogP contribution in [0.25, 0.3) is 44.5 Å². The van der Waals surface area contributed by atoms with Crippen molar-refractivity contribution in [1.82, 2.24) is 0 Å². The third kappa shape index (κ3) is 4.82. The molecule has 0 amide bonds. The number of fused-ring (bicyclic) bond motifs is 3. The van der Waals surface area contributed by atoms with Crippen LogP contribution in [0.2, 0.25) is 0 Å². The van der Waals surface area contributed by atoms with E-state index in [2.05, 4.69) is 195 Å². The van der Waals surface area contributed by atoms with Crippen LogP contribution in [0, 0.1) is 0 Å². The Bertz CT molecular complexity index is 2160. The summed E-state index contributed by atoms with van der Waals surface area (Å²) in [5.41, 5.74) is 16.2. The predicted molar refractivity (Wildman–Crippen MR) is 195 cm³/mol. The van der Waals surface area contributed by atoms with Crippen LogP contribution in [-0.2, 0) is 5.41 Å². The molecule has 0 bridgehead atoms. The molecule has 1 nitrogen and oxygen atoms in total. The molecule has 1 aliphatic carbocycles. The van der Waals surface area contributed by atoms with Crippen LogP contribution in [-0.4, -0.2) is 0 Å². The van der Waals surface area contributed by atoms with Crippen molar-refractivity contribution < 1.29 is 0 Å². The molecule has 1 heteroatoms. The summed E-state index contributed by atoms with van der Waals surface area (Å²) in [7, 11) is 0. The van der Waals surface area contributed by atoms with Gasteiger partial charge in [0.2, 0.25) is 0 Å². The van der Waals surface area contributed by atoms with Gasteiger partial charge in [0.1, 0.15) is 0 Å². The van der Waals surface area contributed by atoms with Crippen LogP contribution in [0.1, 0.15) is 25.0 Å². The molecule has 220 valence electrons. The zero-order valence-corrected chi connectivity index (χ0v) is 26.2. The van der Waals surface area contributed by atoms with Gasteiger partial charge in [-0.2, -0.15) is 0 Å². The van der Waals surface area contributed by atoms with Crippen molar-refractivity contribution in [1.29, 1.82) is 0 Å². The number of rotatable bonds is 6. The summed E-state index contributed by atoms with van der Waals surface area (Å²) in [6.45, 7) is 4.71. The van der Waals surface area contributed by atoms with E-state index >= 15 is 0 Å². The highest BCUT2D eigenvalue weighted by molar-refractivity contribution is 5.94. The Morgan fingerprint density at radius 1 is 0.348 bits per heavy atom. The zero-order valence-electron chi connectivity index (χ0n) is 26.2. The Kier molecular flexibility index (Phi) is 6.88. The number of hydrogen-bond acceptors (Lipinski definition) is 1. The Morgan fingerprint density at radius 2 is 0.848 bits per heavy atom. The molecule has 0 aliphatic heterocycles. The molecule has 0 atom stereocenters. The lowest BCUT2D eigenvalue weighted by Gasteiger charge is -2.26. The van der Waals surface area contributed by atoms with Crippen molar-refractivity contribution >= 4 is 17.1 Å². The normalized spacial score (nSPS) is 12.7. The second-order valence-corrected chi connectivity index (χ2v) is 12.6. The summed E-state index contributed by atoms with van der Waals surface area (Å²) in [5.74, 6) is 0. The highest BCUT2D eigenvalue weighted by Gasteiger charge is 2.37. The molecular formula is C45H35N. The standard InChI is InChI=1S/C45H35N/c1-45(2)42-28-27-36(31-41(42)44-40(25-14-26-43(44)45)33-17-8-4-9-18-33)35-20-13-24-39(30-35)46(37-21-10-5-11-22-37)38-23-12-19-34(29-38)32-15-6-3-7-16-32/h3-31H,1-2H3. The van der Waals surface area contributed by atoms with E-state index in [9.17, 15) is 0 Å². The summed E-state index contributed by atoms with van der Waals surface area (Å²) < 4.78 is 0. The molecule has 7 aromatic carbocycles. The van der Waals surface area contributed by atoms with E-state index in [0.29, 0.717) is 0 Å². The number of para-hydroxylation sites is 1. The summed E-state index contributed by atoms with van der Waals surface area (Å²) in [6.07, 6.45) is 0. The number of benzene rings is 7. The molecule has 0 saturated carbocycles. The monoisotopic (exact) mass is 589 g/mol. The van der Waals surface area contributed by atoms with Gasteiger partial charge in [0.25, 0.3) is 0 Å². The average Bonchev–Trinajstić information content (AvgIpc) is 3.35. The lowest BCUT2D eigenvalue weighted by molar-refractivity contribution is 0.660. The minimum absolute atomic E-state index is 0.0658. The maximum atomic E-state index is 2.41. The molecule has 8 rings (SSSR count). The molecule has 7 aromatic rings. The molecule has 0 saturated heterocycles. The fourth-order valence-corrected chi connectivity index (χ4v) is 7.15. The third-order valence-corrected chi connectivity index (χ3v) is 9.45. The van der Waals surface area contributed by atoms with E-state index in [-0.39, 0.29) is 5.41 Å². The van der Waals surface area contributed by atoms with Crippen LogP contribution >= 0.6 is 0 Å². The largest absolute Gasteiger partial charge is 0.310 e.